The Morgan fingerprint density at radius 1 is 1.13 bits per heavy atom. The van der Waals surface area contributed by atoms with Gasteiger partial charge in [-0.2, -0.15) is 4.31 Å². The van der Waals surface area contributed by atoms with Crippen molar-refractivity contribution in [2.24, 2.45) is 0 Å². The number of rotatable bonds is 6. The van der Waals surface area contributed by atoms with E-state index in [1.54, 1.807) is 22.6 Å². The number of nitrogens with zero attached hydrogens (tertiary/aromatic N) is 3. The first-order valence-electron chi connectivity index (χ1n) is 10.1. The number of thiazole rings is 1. The molecule has 0 bridgehead atoms. The minimum atomic E-state index is -3.55. The molecule has 0 saturated carbocycles. The first-order chi connectivity index (χ1) is 14.5. The lowest BCUT2D eigenvalue weighted by atomic mass is 10.00. The van der Waals surface area contributed by atoms with Crippen molar-refractivity contribution in [3.8, 4) is 10.9 Å². The Balaban J connectivity index is 1.30. The van der Waals surface area contributed by atoms with Crippen LogP contribution in [0.1, 0.15) is 25.7 Å². The van der Waals surface area contributed by atoms with Crippen LogP contribution in [0.25, 0.3) is 0 Å². The molecule has 0 aliphatic carbocycles. The van der Waals surface area contributed by atoms with E-state index in [2.05, 4.69) is 9.88 Å². The topological polar surface area (TPSA) is 72.0 Å². The van der Waals surface area contributed by atoms with E-state index in [1.165, 1.54) is 24.5 Å². The van der Waals surface area contributed by atoms with Gasteiger partial charge in [-0.05, 0) is 43.9 Å². The monoisotopic (exact) mass is 471 g/mol. The van der Waals surface area contributed by atoms with Crippen LogP contribution in [-0.2, 0) is 10.0 Å². The van der Waals surface area contributed by atoms with Gasteiger partial charge in [-0.15, -0.1) is 0 Å². The molecule has 1 aromatic carbocycles. The van der Waals surface area contributed by atoms with Crippen LogP contribution >= 0.6 is 22.9 Å². The van der Waals surface area contributed by atoms with Crippen molar-refractivity contribution in [1.82, 2.24) is 14.2 Å². The number of halogens is 1. The molecule has 4 rings (SSSR count). The predicted octanol–water partition coefficient (Wildman–Crippen LogP) is 3.50. The molecule has 0 radical (unpaired) electrons. The number of piperidine rings is 2. The van der Waals surface area contributed by atoms with Gasteiger partial charge in [-0.3, -0.25) is 0 Å². The molecular formula is C20H26ClN3O4S2. The first kappa shape index (κ1) is 21.8. The molecule has 30 heavy (non-hydrogen) atoms. The summed E-state index contributed by atoms with van der Waals surface area (Å²) in [6, 6.07) is 5.03. The number of aromatic nitrogens is 1. The fourth-order valence-corrected chi connectivity index (χ4v) is 6.54. The molecule has 2 fully saturated rings. The summed E-state index contributed by atoms with van der Waals surface area (Å²) in [6.07, 6.45) is 5.59. The lowest BCUT2D eigenvalue weighted by Gasteiger charge is -2.41. The quantitative estimate of drug-likeness (QED) is 0.642. The third-order valence-electron chi connectivity index (χ3n) is 5.85. The Morgan fingerprint density at radius 2 is 1.87 bits per heavy atom. The van der Waals surface area contributed by atoms with Crippen molar-refractivity contribution < 1.29 is 17.9 Å². The largest absolute Gasteiger partial charge is 0.495 e. The van der Waals surface area contributed by atoms with Crippen molar-refractivity contribution in [2.75, 3.05) is 33.3 Å². The summed E-state index contributed by atoms with van der Waals surface area (Å²) in [4.78, 5) is 6.89. The van der Waals surface area contributed by atoms with E-state index in [0.29, 0.717) is 29.9 Å². The number of likely N-dealkylation sites (tertiary alicyclic amines) is 1. The first-order valence-corrected chi connectivity index (χ1v) is 12.8. The summed E-state index contributed by atoms with van der Waals surface area (Å²) in [6.45, 7) is 2.99. The van der Waals surface area contributed by atoms with Crippen LogP contribution in [-0.4, -0.2) is 68.0 Å². The van der Waals surface area contributed by atoms with Gasteiger partial charge in [-0.1, -0.05) is 22.9 Å². The fraction of sp³-hybridized carbons (Fsp3) is 0.550. The van der Waals surface area contributed by atoms with E-state index >= 15 is 0 Å². The maximum Gasteiger partial charge on any atom is 0.273 e. The van der Waals surface area contributed by atoms with E-state index in [9.17, 15) is 8.42 Å². The van der Waals surface area contributed by atoms with E-state index < -0.39 is 10.0 Å². The summed E-state index contributed by atoms with van der Waals surface area (Å²) in [7, 11) is -2.04. The highest BCUT2D eigenvalue weighted by molar-refractivity contribution is 7.89. The van der Waals surface area contributed by atoms with Gasteiger partial charge >= 0.3 is 0 Å². The Hall–Kier alpha value is -1.39. The molecule has 7 nitrogen and oxygen atoms in total. The van der Waals surface area contributed by atoms with Crippen LogP contribution in [0.2, 0.25) is 5.02 Å². The Kier molecular flexibility index (Phi) is 6.84. The van der Waals surface area contributed by atoms with Crippen molar-refractivity contribution >= 4 is 33.0 Å². The second-order valence-corrected chi connectivity index (χ2v) is 10.8. The van der Waals surface area contributed by atoms with E-state index in [1.807, 2.05) is 5.38 Å². The zero-order chi connectivity index (χ0) is 21.1. The normalized spacial score (nSPS) is 20.3. The molecule has 3 heterocycles. The SMILES string of the molecule is COc1ccc(S(=O)(=O)N2CCC(N3CCC(Oc4nccs4)CC3)CC2)cc1Cl. The van der Waals surface area contributed by atoms with Gasteiger partial charge in [0.2, 0.25) is 10.0 Å². The Labute approximate surface area is 186 Å². The average molecular weight is 472 g/mol. The average Bonchev–Trinajstić information content (AvgIpc) is 3.27. The lowest BCUT2D eigenvalue weighted by molar-refractivity contribution is 0.0584. The molecule has 2 saturated heterocycles. The second kappa shape index (κ2) is 9.40. The summed E-state index contributed by atoms with van der Waals surface area (Å²) in [5, 5.41) is 2.97. The van der Waals surface area contributed by atoms with Crippen molar-refractivity contribution in [1.29, 1.82) is 0 Å². The van der Waals surface area contributed by atoms with Gasteiger partial charge in [-0.25, -0.2) is 13.4 Å². The zero-order valence-corrected chi connectivity index (χ0v) is 19.3. The summed E-state index contributed by atoms with van der Waals surface area (Å²) >= 11 is 7.65. The van der Waals surface area contributed by atoms with Gasteiger partial charge < -0.3 is 14.4 Å². The Morgan fingerprint density at radius 3 is 2.47 bits per heavy atom. The summed E-state index contributed by atoms with van der Waals surface area (Å²) < 4.78 is 38.6. The molecule has 10 heteroatoms. The molecule has 0 amide bonds. The highest BCUT2D eigenvalue weighted by atomic mass is 35.5. The molecule has 2 aromatic rings. The van der Waals surface area contributed by atoms with Gasteiger partial charge in [0.05, 0.1) is 17.0 Å². The maximum absolute atomic E-state index is 13.0. The molecule has 0 unspecified atom stereocenters. The number of hydrogen-bond acceptors (Lipinski definition) is 7. The highest BCUT2D eigenvalue weighted by Gasteiger charge is 2.33. The van der Waals surface area contributed by atoms with Gasteiger partial charge in [0, 0.05) is 43.8 Å². The summed E-state index contributed by atoms with van der Waals surface area (Å²) in [5.41, 5.74) is 0. The molecule has 1 aromatic heterocycles. The zero-order valence-electron chi connectivity index (χ0n) is 16.9. The minimum Gasteiger partial charge on any atom is -0.495 e. The van der Waals surface area contributed by atoms with Gasteiger partial charge in [0.25, 0.3) is 5.19 Å². The van der Waals surface area contributed by atoms with Crippen LogP contribution in [0.15, 0.2) is 34.7 Å². The lowest BCUT2D eigenvalue weighted by Crippen LogP contribution is -2.50. The van der Waals surface area contributed by atoms with Crippen molar-refractivity contribution in [3.63, 3.8) is 0 Å². The smallest absolute Gasteiger partial charge is 0.273 e. The molecule has 2 aliphatic rings. The standard InChI is InChI=1S/C20H26ClN3O4S2/c1-27-19-3-2-17(14-18(19)21)30(25,26)24-11-4-15(5-12-24)23-9-6-16(7-10-23)28-20-22-8-13-29-20/h2-3,8,13-16H,4-7,9-12H2,1H3. The van der Waals surface area contributed by atoms with E-state index in [4.69, 9.17) is 21.1 Å². The third-order valence-corrected chi connectivity index (χ3v) is 8.71. The summed E-state index contributed by atoms with van der Waals surface area (Å²) in [5.74, 6) is 0.469. The number of hydrogen-bond donors (Lipinski definition) is 0. The van der Waals surface area contributed by atoms with E-state index in [0.717, 1.165) is 44.0 Å². The number of benzene rings is 1. The molecule has 164 valence electrons. The van der Waals surface area contributed by atoms with Crippen LogP contribution < -0.4 is 9.47 Å². The Bertz CT molecular complexity index is 939. The molecule has 0 spiro atoms. The minimum absolute atomic E-state index is 0.215. The van der Waals surface area contributed by atoms with Gasteiger partial charge in [0.1, 0.15) is 11.9 Å². The number of methoxy groups -OCH3 is 1. The van der Waals surface area contributed by atoms with Gasteiger partial charge in [0.15, 0.2) is 0 Å². The fourth-order valence-electron chi connectivity index (χ4n) is 4.17. The maximum atomic E-state index is 13.0. The predicted molar refractivity (Wildman–Crippen MR) is 117 cm³/mol. The highest BCUT2D eigenvalue weighted by Crippen LogP contribution is 2.30. The molecular weight excluding hydrogens is 446 g/mol. The number of sulfonamides is 1. The van der Waals surface area contributed by atoms with Crippen LogP contribution in [0.3, 0.4) is 0 Å². The van der Waals surface area contributed by atoms with Crippen molar-refractivity contribution in [3.05, 3.63) is 34.8 Å². The molecule has 2 aliphatic heterocycles. The van der Waals surface area contributed by atoms with Crippen LogP contribution in [0, 0.1) is 0 Å². The van der Waals surface area contributed by atoms with Crippen LogP contribution in [0.5, 0.6) is 10.9 Å². The molecule has 0 atom stereocenters. The molecule has 0 N–H and O–H groups in total. The third kappa shape index (κ3) is 4.75. The number of ether oxygens (including phenoxy) is 2. The second-order valence-electron chi connectivity index (χ2n) is 7.58. The van der Waals surface area contributed by atoms with E-state index in [-0.39, 0.29) is 11.0 Å². The van der Waals surface area contributed by atoms with Crippen LogP contribution in [0.4, 0.5) is 0 Å². The van der Waals surface area contributed by atoms with Crippen molar-refractivity contribution in [2.45, 2.75) is 42.7 Å².